The normalized spacial score (nSPS) is 15.6. The molecule has 1 amide bonds. The Morgan fingerprint density at radius 2 is 2.32 bits per heavy atom. The lowest BCUT2D eigenvalue weighted by Gasteiger charge is -2.15. The summed E-state index contributed by atoms with van der Waals surface area (Å²) in [6.45, 7) is 2.18. The van der Waals surface area contributed by atoms with Gasteiger partial charge < -0.3 is 10.1 Å². The molecule has 25 heavy (non-hydrogen) atoms. The minimum absolute atomic E-state index is 0.0684. The predicted molar refractivity (Wildman–Crippen MR) is 96.5 cm³/mol. The number of thiazole rings is 1. The van der Waals surface area contributed by atoms with Crippen LogP contribution in [0.1, 0.15) is 44.7 Å². The van der Waals surface area contributed by atoms with Crippen LogP contribution in [0.3, 0.4) is 0 Å². The third-order valence-electron chi connectivity index (χ3n) is 4.28. The summed E-state index contributed by atoms with van der Waals surface area (Å²) < 4.78 is 7.08. The molecule has 134 valence electrons. The van der Waals surface area contributed by atoms with Crippen molar-refractivity contribution in [1.29, 1.82) is 0 Å². The minimum Gasteiger partial charge on any atom is -0.452 e. The summed E-state index contributed by atoms with van der Waals surface area (Å²) in [7, 11) is 0. The van der Waals surface area contributed by atoms with E-state index in [1.54, 1.807) is 13.1 Å². The van der Waals surface area contributed by atoms with E-state index in [4.69, 9.17) is 4.74 Å². The van der Waals surface area contributed by atoms with E-state index < -0.39 is 12.1 Å². The van der Waals surface area contributed by atoms with Gasteiger partial charge in [0.05, 0.1) is 12.1 Å². The SMILES string of the molecule is C[C@@H](OC(=O)Cc1cn2ccsc2n1)C(=O)NCCC1=CCCCC1. The standard InChI is InChI=1S/C18H23N3O3S/c1-13(17(23)19-8-7-14-5-3-2-4-6-14)24-16(22)11-15-12-21-9-10-25-18(21)20-15/h5,9-10,12-13H,2-4,6-8,11H2,1H3,(H,19,23)/t13-/m1/s1. The first-order chi connectivity index (χ1) is 12.1. The van der Waals surface area contributed by atoms with Crippen LogP contribution in [0.25, 0.3) is 4.96 Å². The Bertz CT molecular complexity index is 749. The maximum atomic E-state index is 12.0. The maximum Gasteiger partial charge on any atom is 0.312 e. The largest absolute Gasteiger partial charge is 0.452 e. The summed E-state index contributed by atoms with van der Waals surface area (Å²) in [5.74, 6) is -0.695. The van der Waals surface area contributed by atoms with Crippen LogP contribution < -0.4 is 5.32 Å². The average Bonchev–Trinajstić information content (AvgIpc) is 3.17. The number of rotatable bonds is 7. The van der Waals surface area contributed by atoms with Crippen molar-refractivity contribution < 1.29 is 14.3 Å². The molecule has 3 rings (SSSR count). The molecule has 0 spiro atoms. The molecule has 0 saturated heterocycles. The first kappa shape index (κ1) is 17.7. The number of nitrogens with one attached hydrogen (secondary N) is 1. The molecular formula is C18H23N3O3S. The molecule has 2 aromatic heterocycles. The number of hydrogen-bond acceptors (Lipinski definition) is 5. The minimum atomic E-state index is -0.795. The third-order valence-corrected chi connectivity index (χ3v) is 5.05. The van der Waals surface area contributed by atoms with Crippen molar-refractivity contribution in [3.05, 3.63) is 35.1 Å². The number of amides is 1. The van der Waals surface area contributed by atoms with E-state index in [1.165, 1.54) is 29.8 Å². The van der Waals surface area contributed by atoms with Gasteiger partial charge in [-0.15, -0.1) is 11.3 Å². The van der Waals surface area contributed by atoms with Crippen molar-refractivity contribution in [3.63, 3.8) is 0 Å². The number of esters is 1. The average molecular weight is 361 g/mol. The van der Waals surface area contributed by atoms with E-state index in [0.29, 0.717) is 12.2 Å². The molecule has 0 bridgehead atoms. The van der Waals surface area contributed by atoms with Crippen molar-refractivity contribution in [1.82, 2.24) is 14.7 Å². The first-order valence-electron chi connectivity index (χ1n) is 8.68. The van der Waals surface area contributed by atoms with E-state index in [-0.39, 0.29) is 12.3 Å². The van der Waals surface area contributed by atoms with Crippen molar-refractivity contribution in [2.75, 3.05) is 6.54 Å². The van der Waals surface area contributed by atoms with Crippen LogP contribution in [0.2, 0.25) is 0 Å². The number of fused-ring (bicyclic) bond motifs is 1. The fraction of sp³-hybridized carbons (Fsp3) is 0.500. The number of allylic oxidation sites excluding steroid dienone is 1. The second-order valence-electron chi connectivity index (χ2n) is 6.28. The quantitative estimate of drug-likeness (QED) is 0.608. The fourth-order valence-corrected chi connectivity index (χ4v) is 3.64. The number of carbonyl (C=O) groups is 2. The summed E-state index contributed by atoms with van der Waals surface area (Å²) in [6, 6.07) is 0. The maximum absolute atomic E-state index is 12.0. The van der Waals surface area contributed by atoms with Crippen LogP contribution in [-0.4, -0.2) is 33.9 Å². The van der Waals surface area contributed by atoms with E-state index >= 15 is 0 Å². The van der Waals surface area contributed by atoms with Crippen LogP contribution in [0.4, 0.5) is 0 Å². The zero-order valence-electron chi connectivity index (χ0n) is 14.4. The lowest BCUT2D eigenvalue weighted by atomic mass is 9.97. The molecule has 2 heterocycles. The lowest BCUT2D eigenvalue weighted by molar-refractivity contribution is -0.154. The molecule has 2 aromatic rings. The summed E-state index contributed by atoms with van der Waals surface area (Å²) in [4.78, 5) is 29.2. The Labute approximate surface area is 150 Å². The van der Waals surface area contributed by atoms with Gasteiger partial charge in [0.1, 0.15) is 0 Å². The Morgan fingerprint density at radius 3 is 3.08 bits per heavy atom. The van der Waals surface area contributed by atoms with Crippen LogP contribution >= 0.6 is 11.3 Å². The molecule has 0 saturated carbocycles. The van der Waals surface area contributed by atoms with Gasteiger partial charge >= 0.3 is 5.97 Å². The smallest absolute Gasteiger partial charge is 0.312 e. The number of nitrogens with zero attached hydrogens (tertiary/aromatic N) is 2. The molecule has 0 fully saturated rings. The van der Waals surface area contributed by atoms with Crippen molar-refractivity contribution >= 4 is 28.2 Å². The molecule has 1 aliphatic carbocycles. The topological polar surface area (TPSA) is 72.7 Å². The molecule has 0 aromatic carbocycles. The summed E-state index contributed by atoms with van der Waals surface area (Å²) in [5.41, 5.74) is 2.06. The number of ether oxygens (including phenoxy) is 1. The Kier molecular flexibility index (Phi) is 5.86. The molecule has 7 heteroatoms. The monoisotopic (exact) mass is 361 g/mol. The van der Waals surface area contributed by atoms with Gasteiger partial charge in [-0.25, -0.2) is 4.98 Å². The second-order valence-corrected chi connectivity index (χ2v) is 7.16. The van der Waals surface area contributed by atoms with E-state index in [2.05, 4.69) is 16.4 Å². The number of hydrogen-bond donors (Lipinski definition) is 1. The van der Waals surface area contributed by atoms with Gasteiger partial charge in [-0.05, 0) is 39.0 Å². The zero-order chi connectivity index (χ0) is 17.6. The highest BCUT2D eigenvalue weighted by molar-refractivity contribution is 7.15. The van der Waals surface area contributed by atoms with Crippen molar-refractivity contribution in [2.45, 2.75) is 51.6 Å². The van der Waals surface area contributed by atoms with Gasteiger partial charge in [0.2, 0.25) is 0 Å². The van der Waals surface area contributed by atoms with Crippen molar-refractivity contribution in [2.24, 2.45) is 0 Å². The third kappa shape index (κ3) is 4.92. The second kappa shape index (κ2) is 8.29. The first-order valence-corrected chi connectivity index (χ1v) is 9.56. The highest BCUT2D eigenvalue weighted by Crippen LogP contribution is 2.19. The molecule has 0 radical (unpaired) electrons. The van der Waals surface area contributed by atoms with E-state index in [1.807, 2.05) is 16.0 Å². The van der Waals surface area contributed by atoms with Crippen LogP contribution in [-0.2, 0) is 20.7 Å². The van der Waals surface area contributed by atoms with Crippen LogP contribution in [0.5, 0.6) is 0 Å². The fourth-order valence-electron chi connectivity index (χ4n) is 2.92. The summed E-state index contributed by atoms with van der Waals surface area (Å²) in [5, 5.41) is 4.77. The van der Waals surface area contributed by atoms with E-state index in [0.717, 1.165) is 24.2 Å². The van der Waals surface area contributed by atoms with Gasteiger partial charge in [0, 0.05) is 24.3 Å². The highest BCUT2D eigenvalue weighted by Gasteiger charge is 2.18. The van der Waals surface area contributed by atoms with E-state index in [9.17, 15) is 9.59 Å². The van der Waals surface area contributed by atoms with Gasteiger partial charge in [-0.2, -0.15) is 0 Å². The van der Waals surface area contributed by atoms with Gasteiger partial charge in [0.25, 0.3) is 5.91 Å². The van der Waals surface area contributed by atoms with Gasteiger partial charge in [-0.1, -0.05) is 11.6 Å². The molecule has 1 aliphatic rings. The molecule has 6 nitrogen and oxygen atoms in total. The molecular weight excluding hydrogens is 338 g/mol. The number of carbonyl (C=O) groups excluding carboxylic acids is 2. The number of aromatic nitrogens is 2. The van der Waals surface area contributed by atoms with Gasteiger partial charge in [-0.3, -0.25) is 14.0 Å². The Balaban J connectivity index is 1.40. The molecule has 1 N–H and O–H groups in total. The van der Waals surface area contributed by atoms with Crippen LogP contribution in [0, 0.1) is 0 Å². The summed E-state index contributed by atoms with van der Waals surface area (Å²) >= 11 is 1.51. The molecule has 1 atom stereocenters. The highest BCUT2D eigenvalue weighted by atomic mass is 32.1. The van der Waals surface area contributed by atoms with Crippen molar-refractivity contribution in [3.8, 4) is 0 Å². The Hall–Kier alpha value is -2.15. The lowest BCUT2D eigenvalue weighted by Crippen LogP contribution is -2.36. The molecule has 0 unspecified atom stereocenters. The number of imidazole rings is 1. The molecule has 0 aliphatic heterocycles. The summed E-state index contributed by atoms with van der Waals surface area (Å²) in [6.07, 6.45) is 10.9. The van der Waals surface area contributed by atoms with Gasteiger partial charge in [0.15, 0.2) is 11.1 Å². The zero-order valence-corrected chi connectivity index (χ0v) is 15.2. The Morgan fingerprint density at radius 1 is 1.44 bits per heavy atom. The predicted octanol–water partition coefficient (Wildman–Crippen LogP) is 2.88. The van der Waals surface area contributed by atoms with Crippen LogP contribution in [0.15, 0.2) is 29.4 Å².